The van der Waals surface area contributed by atoms with E-state index in [1.54, 1.807) is 0 Å². The SMILES string of the molecule is CCc1cccc(Oc2c(Cl)cccc2CC(N)CC)c1. The van der Waals surface area contributed by atoms with E-state index in [0.717, 1.165) is 36.3 Å². The highest BCUT2D eigenvalue weighted by Gasteiger charge is 2.12. The van der Waals surface area contributed by atoms with Crippen molar-refractivity contribution in [3.8, 4) is 11.5 Å². The normalized spacial score (nSPS) is 12.2. The molecule has 2 nitrogen and oxygen atoms in total. The number of aryl methyl sites for hydroxylation is 1. The van der Waals surface area contributed by atoms with Crippen molar-refractivity contribution in [2.24, 2.45) is 5.73 Å². The maximum absolute atomic E-state index is 6.31. The first-order valence-corrected chi connectivity index (χ1v) is 7.81. The number of ether oxygens (including phenoxy) is 1. The number of hydrogen-bond donors (Lipinski definition) is 1. The molecule has 2 N–H and O–H groups in total. The predicted molar refractivity (Wildman–Crippen MR) is 89.3 cm³/mol. The molecule has 0 amide bonds. The van der Waals surface area contributed by atoms with Crippen molar-refractivity contribution >= 4 is 11.6 Å². The fourth-order valence-electron chi connectivity index (χ4n) is 2.20. The Kier molecular flexibility index (Phi) is 5.66. The fourth-order valence-corrected chi connectivity index (χ4v) is 2.43. The molecule has 0 fully saturated rings. The van der Waals surface area contributed by atoms with Crippen molar-refractivity contribution in [2.45, 2.75) is 39.2 Å². The van der Waals surface area contributed by atoms with Crippen LogP contribution < -0.4 is 10.5 Å². The van der Waals surface area contributed by atoms with Gasteiger partial charge in [0.1, 0.15) is 11.5 Å². The Balaban J connectivity index is 2.29. The summed E-state index contributed by atoms with van der Waals surface area (Å²) in [6.45, 7) is 4.21. The summed E-state index contributed by atoms with van der Waals surface area (Å²) < 4.78 is 6.04. The highest BCUT2D eigenvalue weighted by atomic mass is 35.5. The molecule has 1 unspecified atom stereocenters. The Morgan fingerprint density at radius 1 is 1.14 bits per heavy atom. The third kappa shape index (κ3) is 4.23. The van der Waals surface area contributed by atoms with E-state index in [1.165, 1.54) is 5.56 Å². The largest absolute Gasteiger partial charge is 0.456 e. The monoisotopic (exact) mass is 303 g/mol. The average molecular weight is 304 g/mol. The number of hydrogen-bond acceptors (Lipinski definition) is 2. The lowest BCUT2D eigenvalue weighted by Crippen LogP contribution is -2.21. The molecule has 112 valence electrons. The highest BCUT2D eigenvalue weighted by molar-refractivity contribution is 6.32. The number of nitrogens with two attached hydrogens (primary N) is 1. The van der Waals surface area contributed by atoms with E-state index in [9.17, 15) is 0 Å². The van der Waals surface area contributed by atoms with Gasteiger partial charge in [0, 0.05) is 6.04 Å². The lowest BCUT2D eigenvalue weighted by atomic mass is 10.0. The molecule has 2 aromatic rings. The minimum absolute atomic E-state index is 0.118. The molecule has 0 saturated carbocycles. The summed E-state index contributed by atoms with van der Waals surface area (Å²) in [5.41, 5.74) is 8.36. The Morgan fingerprint density at radius 2 is 1.90 bits per heavy atom. The average Bonchev–Trinajstić information content (AvgIpc) is 2.50. The quantitative estimate of drug-likeness (QED) is 0.817. The Morgan fingerprint density at radius 3 is 2.62 bits per heavy atom. The van der Waals surface area contributed by atoms with Crippen LogP contribution in [0.5, 0.6) is 11.5 Å². The van der Waals surface area contributed by atoms with E-state index < -0.39 is 0 Å². The molecule has 1 atom stereocenters. The smallest absolute Gasteiger partial charge is 0.149 e. The summed E-state index contributed by atoms with van der Waals surface area (Å²) in [5, 5.41) is 0.623. The van der Waals surface area contributed by atoms with Crippen LogP contribution in [0.15, 0.2) is 42.5 Å². The number of halogens is 1. The summed E-state index contributed by atoms with van der Waals surface area (Å²) in [4.78, 5) is 0. The van der Waals surface area contributed by atoms with Gasteiger partial charge < -0.3 is 10.5 Å². The standard InChI is InChI=1S/C18H22ClNO/c1-3-13-7-5-9-16(11-13)21-18-14(12-15(20)4-2)8-6-10-17(18)19/h5-11,15H,3-4,12,20H2,1-2H3. The molecule has 0 saturated heterocycles. The van der Waals surface area contributed by atoms with E-state index in [2.05, 4.69) is 19.9 Å². The zero-order valence-electron chi connectivity index (χ0n) is 12.6. The summed E-state index contributed by atoms with van der Waals surface area (Å²) in [7, 11) is 0. The number of para-hydroxylation sites is 1. The maximum Gasteiger partial charge on any atom is 0.149 e. The zero-order chi connectivity index (χ0) is 15.2. The second-order valence-electron chi connectivity index (χ2n) is 5.20. The molecule has 2 aromatic carbocycles. The maximum atomic E-state index is 6.31. The first-order valence-electron chi connectivity index (χ1n) is 7.43. The molecule has 0 heterocycles. The van der Waals surface area contributed by atoms with E-state index in [4.69, 9.17) is 22.1 Å². The van der Waals surface area contributed by atoms with Crippen LogP contribution in [-0.2, 0) is 12.8 Å². The van der Waals surface area contributed by atoms with Gasteiger partial charge in [-0.3, -0.25) is 0 Å². The fraction of sp³-hybridized carbons (Fsp3) is 0.333. The lowest BCUT2D eigenvalue weighted by Gasteiger charge is -2.16. The summed E-state index contributed by atoms with van der Waals surface area (Å²) in [5.74, 6) is 1.53. The van der Waals surface area contributed by atoms with Crippen molar-refractivity contribution in [2.75, 3.05) is 0 Å². The Labute approximate surface area is 131 Å². The van der Waals surface area contributed by atoms with Gasteiger partial charge in [-0.25, -0.2) is 0 Å². The van der Waals surface area contributed by atoms with Gasteiger partial charge in [-0.1, -0.05) is 49.7 Å². The van der Waals surface area contributed by atoms with E-state index in [-0.39, 0.29) is 6.04 Å². The Bertz CT molecular complexity index is 598. The molecular formula is C18H22ClNO. The molecule has 0 spiro atoms. The van der Waals surface area contributed by atoms with Crippen LogP contribution in [-0.4, -0.2) is 6.04 Å². The van der Waals surface area contributed by atoms with Crippen molar-refractivity contribution in [3.05, 3.63) is 58.6 Å². The van der Waals surface area contributed by atoms with Crippen molar-refractivity contribution in [3.63, 3.8) is 0 Å². The van der Waals surface area contributed by atoms with Crippen LogP contribution in [0.4, 0.5) is 0 Å². The molecule has 0 radical (unpaired) electrons. The topological polar surface area (TPSA) is 35.2 Å². The molecule has 0 aliphatic carbocycles. The molecule has 0 bridgehead atoms. The molecule has 3 heteroatoms. The lowest BCUT2D eigenvalue weighted by molar-refractivity contribution is 0.472. The number of rotatable bonds is 6. The highest BCUT2D eigenvalue weighted by Crippen LogP contribution is 2.34. The van der Waals surface area contributed by atoms with Gasteiger partial charge in [-0.05, 0) is 48.6 Å². The van der Waals surface area contributed by atoms with Crippen LogP contribution >= 0.6 is 11.6 Å². The third-order valence-corrected chi connectivity index (χ3v) is 3.88. The second kappa shape index (κ2) is 7.48. The minimum atomic E-state index is 0.118. The van der Waals surface area contributed by atoms with Crippen LogP contribution in [0.1, 0.15) is 31.4 Å². The van der Waals surface area contributed by atoms with Crippen molar-refractivity contribution < 1.29 is 4.74 Å². The van der Waals surface area contributed by atoms with Crippen LogP contribution in [0.2, 0.25) is 5.02 Å². The first-order chi connectivity index (χ1) is 10.1. The predicted octanol–water partition coefficient (Wildman–Crippen LogP) is 4.97. The first kappa shape index (κ1) is 15.9. The van der Waals surface area contributed by atoms with E-state index >= 15 is 0 Å². The second-order valence-corrected chi connectivity index (χ2v) is 5.61. The summed E-state index contributed by atoms with van der Waals surface area (Å²) in [6.07, 6.45) is 2.67. The van der Waals surface area contributed by atoms with Crippen LogP contribution in [0, 0.1) is 0 Å². The molecule has 2 rings (SSSR count). The van der Waals surface area contributed by atoms with Crippen LogP contribution in [0.3, 0.4) is 0 Å². The molecule has 0 aliphatic heterocycles. The van der Waals surface area contributed by atoms with Gasteiger partial charge in [-0.15, -0.1) is 0 Å². The number of benzene rings is 2. The van der Waals surface area contributed by atoms with E-state index in [0.29, 0.717) is 5.02 Å². The Hall–Kier alpha value is -1.51. The van der Waals surface area contributed by atoms with Crippen LogP contribution in [0.25, 0.3) is 0 Å². The summed E-state index contributed by atoms with van der Waals surface area (Å²) in [6, 6.07) is 14.0. The van der Waals surface area contributed by atoms with Gasteiger partial charge in [0.05, 0.1) is 5.02 Å². The van der Waals surface area contributed by atoms with Gasteiger partial charge in [-0.2, -0.15) is 0 Å². The molecule has 0 aliphatic rings. The molecular weight excluding hydrogens is 282 g/mol. The van der Waals surface area contributed by atoms with Gasteiger partial charge in [0.2, 0.25) is 0 Å². The van der Waals surface area contributed by atoms with E-state index in [1.807, 2.05) is 36.4 Å². The van der Waals surface area contributed by atoms with Gasteiger partial charge in [0.25, 0.3) is 0 Å². The van der Waals surface area contributed by atoms with Gasteiger partial charge >= 0.3 is 0 Å². The zero-order valence-corrected chi connectivity index (χ0v) is 13.4. The third-order valence-electron chi connectivity index (χ3n) is 3.58. The van der Waals surface area contributed by atoms with Crippen molar-refractivity contribution in [1.82, 2.24) is 0 Å². The molecule has 21 heavy (non-hydrogen) atoms. The summed E-state index contributed by atoms with van der Waals surface area (Å²) >= 11 is 6.31. The van der Waals surface area contributed by atoms with Crippen molar-refractivity contribution in [1.29, 1.82) is 0 Å². The molecule has 0 aromatic heterocycles. The minimum Gasteiger partial charge on any atom is -0.456 e. The van der Waals surface area contributed by atoms with Gasteiger partial charge in [0.15, 0.2) is 0 Å².